The Labute approximate surface area is 167 Å². The van der Waals surface area contributed by atoms with Crippen LogP contribution in [0.4, 0.5) is 10.1 Å². The number of hydrogen-bond donors (Lipinski definition) is 1. The molecule has 2 atom stereocenters. The number of benzene rings is 2. The maximum absolute atomic E-state index is 13.4. The van der Waals surface area contributed by atoms with E-state index < -0.39 is 12.1 Å². The molecule has 2 unspecified atom stereocenters. The first-order chi connectivity index (χ1) is 13.4. The number of nitrogens with zero attached hydrogens (tertiary/aromatic N) is 1. The van der Waals surface area contributed by atoms with Gasteiger partial charge in [-0.3, -0.25) is 9.59 Å². The predicted molar refractivity (Wildman–Crippen MR) is 107 cm³/mol. The summed E-state index contributed by atoms with van der Waals surface area (Å²) in [6, 6.07) is 9.45. The van der Waals surface area contributed by atoms with Gasteiger partial charge in [0.15, 0.2) is 6.10 Å². The number of rotatable bonds is 3. The van der Waals surface area contributed by atoms with Crippen molar-refractivity contribution in [1.29, 1.82) is 0 Å². The number of nitrogens with one attached hydrogen (secondary N) is 1. The van der Waals surface area contributed by atoms with E-state index in [0.29, 0.717) is 29.4 Å². The van der Waals surface area contributed by atoms with E-state index in [0.717, 1.165) is 16.8 Å². The summed E-state index contributed by atoms with van der Waals surface area (Å²) < 4.78 is 19.1. The van der Waals surface area contributed by atoms with Crippen LogP contribution < -0.4 is 10.1 Å². The lowest BCUT2D eigenvalue weighted by Gasteiger charge is -2.25. The highest BCUT2D eigenvalue weighted by Gasteiger charge is 2.40. The van der Waals surface area contributed by atoms with E-state index in [-0.39, 0.29) is 17.6 Å². The molecule has 0 bridgehead atoms. The molecule has 2 amide bonds. The number of hydrogen-bond acceptors (Lipinski definition) is 4. The topological polar surface area (TPSA) is 58.6 Å². The number of halogens is 1. The first-order valence-corrected chi connectivity index (χ1v) is 10.3. The molecule has 7 heteroatoms. The second kappa shape index (κ2) is 7.47. The number of ether oxygens (including phenoxy) is 1. The third-order valence-corrected chi connectivity index (χ3v) is 6.32. The second-order valence-electron chi connectivity index (χ2n) is 7.12. The number of amides is 2. The van der Waals surface area contributed by atoms with Crippen LogP contribution in [0.15, 0.2) is 36.4 Å². The fourth-order valence-electron chi connectivity index (χ4n) is 3.52. The van der Waals surface area contributed by atoms with E-state index in [1.54, 1.807) is 11.0 Å². The van der Waals surface area contributed by atoms with E-state index in [9.17, 15) is 14.0 Å². The molecule has 2 aromatic rings. The molecule has 4 rings (SSSR count). The summed E-state index contributed by atoms with van der Waals surface area (Å²) in [7, 11) is 0. The van der Waals surface area contributed by atoms with Crippen LogP contribution in [0.25, 0.3) is 0 Å². The molecule has 2 aromatic carbocycles. The molecule has 146 valence electrons. The summed E-state index contributed by atoms with van der Waals surface area (Å²) in [5.74, 6) is 0.725. The number of thioether (sulfide) groups is 1. The van der Waals surface area contributed by atoms with Crippen LogP contribution in [0, 0.1) is 19.7 Å². The van der Waals surface area contributed by atoms with Gasteiger partial charge in [0, 0.05) is 23.4 Å². The van der Waals surface area contributed by atoms with Crippen LogP contribution in [-0.4, -0.2) is 40.5 Å². The normalized spacial score (nSPS) is 20.6. The number of carbonyl (C=O) groups excluding carboxylic acids is 2. The lowest BCUT2D eigenvalue weighted by Crippen LogP contribution is -2.49. The van der Waals surface area contributed by atoms with Gasteiger partial charge < -0.3 is 15.0 Å². The first kappa shape index (κ1) is 18.8. The SMILES string of the molecule is Cc1cccc(NC(=O)C2CSCN2C(=O)C2Cc3cc(F)ccc3O2)c1C. The molecule has 0 saturated carbocycles. The Hall–Kier alpha value is -2.54. The van der Waals surface area contributed by atoms with Crippen LogP contribution in [0.2, 0.25) is 0 Å². The minimum Gasteiger partial charge on any atom is -0.480 e. The molecule has 2 heterocycles. The zero-order valence-corrected chi connectivity index (χ0v) is 16.5. The molecular formula is C21H21FN2O3S. The maximum Gasteiger partial charge on any atom is 0.265 e. The standard InChI is InChI=1S/C21H21FN2O3S/c1-12-4-3-5-16(13(12)2)23-20(25)17-10-28-11-24(17)21(26)19-9-14-8-15(22)6-7-18(14)27-19/h3-8,17,19H,9-11H2,1-2H3,(H,23,25). The fraction of sp³-hybridized carbons (Fsp3) is 0.333. The van der Waals surface area contributed by atoms with Crippen LogP contribution in [-0.2, 0) is 16.0 Å². The van der Waals surface area contributed by atoms with Crippen LogP contribution >= 0.6 is 11.8 Å². The average Bonchev–Trinajstić information content (AvgIpc) is 3.31. The van der Waals surface area contributed by atoms with Gasteiger partial charge in [0.1, 0.15) is 17.6 Å². The summed E-state index contributed by atoms with van der Waals surface area (Å²) in [4.78, 5) is 27.4. The zero-order valence-electron chi connectivity index (χ0n) is 15.7. The predicted octanol–water partition coefficient (Wildman–Crippen LogP) is 3.29. The third kappa shape index (κ3) is 3.46. The first-order valence-electron chi connectivity index (χ1n) is 9.14. The van der Waals surface area contributed by atoms with Crippen molar-refractivity contribution in [2.75, 3.05) is 16.9 Å². The largest absolute Gasteiger partial charge is 0.480 e. The van der Waals surface area contributed by atoms with Gasteiger partial charge >= 0.3 is 0 Å². The van der Waals surface area contributed by atoms with E-state index >= 15 is 0 Å². The Bertz CT molecular complexity index is 949. The van der Waals surface area contributed by atoms with Crippen molar-refractivity contribution in [3.63, 3.8) is 0 Å². The highest BCUT2D eigenvalue weighted by atomic mass is 32.2. The van der Waals surface area contributed by atoms with Gasteiger partial charge in [0.25, 0.3) is 5.91 Å². The van der Waals surface area contributed by atoms with Crippen molar-refractivity contribution in [1.82, 2.24) is 4.90 Å². The van der Waals surface area contributed by atoms with Gasteiger partial charge in [-0.05, 0) is 49.2 Å². The number of anilines is 1. The molecule has 1 N–H and O–H groups in total. The smallest absolute Gasteiger partial charge is 0.265 e. The molecule has 0 aromatic heterocycles. The summed E-state index contributed by atoms with van der Waals surface area (Å²) in [6.07, 6.45) is -0.398. The monoisotopic (exact) mass is 400 g/mol. The zero-order chi connectivity index (χ0) is 19.8. The van der Waals surface area contributed by atoms with Crippen molar-refractivity contribution < 1.29 is 18.7 Å². The molecule has 0 aliphatic carbocycles. The average molecular weight is 400 g/mol. The summed E-state index contributed by atoms with van der Waals surface area (Å²) in [6.45, 7) is 3.95. The highest BCUT2D eigenvalue weighted by Crippen LogP contribution is 2.32. The van der Waals surface area contributed by atoms with E-state index in [2.05, 4.69) is 5.32 Å². The minimum absolute atomic E-state index is 0.200. The third-order valence-electron chi connectivity index (χ3n) is 5.30. The Balaban J connectivity index is 1.47. The van der Waals surface area contributed by atoms with Crippen molar-refractivity contribution in [3.05, 3.63) is 58.9 Å². The van der Waals surface area contributed by atoms with Crippen molar-refractivity contribution in [2.24, 2.45) is 0 Å². The molecule has 5 nitrogen and oxygen atoms in total. The van der Waals surface area contributed by atoms with Crippen molar-refractivity contribution in [3.8, 4) is 5.75 Å². The Morgan fingerprint density at radius 1 is 1.25 bits per heavy atom. The quantitative estimate of drug-likeness (QED) is 0.859. The highest BCUT2D eigenvalue weighted by molar-refractivity contribution is 7.99. The lowest BCUT2D eigenvalue weighted by molar-refractivity contribution is -0.141. The molecular weight excluding hydrogens is 379 g/mol. The Kier molecular flexibility index (Phi) is 5.02. The van der Waals surface area contributed by atoms with Gasteiger partial charge in [0.2, 0.25) is 5.91 Å². The van der Waals surface area contributed by atoms with Crippen molar-refractivity contribution in [2.45, 2.75) is 32.4 Å². The molecule has 1 saturated heterocycles. The van der Waals surface area contributed by atoms with Crippen LogP contribution in [0.1, 0.15) is 16.7 Å². The van der Waals surface area contributed by atoms with Crippen LogP contribution in [0.5, 0.6) is 5.75 Å². The number of aryl methyl sites for hydroxylation is 1. The number of fused-ring (bicyclic) bond motifs is 1. The minimum atomic E-state index is -0.716. The van der Waals surface area contributed by atoms with Crippen molar-refractivity contribution >= 4 is 29.3 Å². The molecule has 28 heavy (non-hydrogen) atoms. The number of carbonyl (C=O) groups is 2. The van der Waals surface area contributed by atoms with Gasteiger partial charge in [-0.15, -0.1) is 11.8 Å². The summed E-state index contributed by atoms with van der Waals surface area (Å²) in [5, 5.41) is 2.96. The van der Waals surface area contributed by atoms with Gasteiger partial charge in [-0.2, -0.15) is 0 Å². The molecule has 2 aliphatic rings. The van der Waals surface area contributed by atoms with Gasteiger partial charge in [-0.25, -0.2) is 4.39 Å². The summed E-state index contributed by atoms with van der Waals surface area (Å²) >= 11 is 1.54. The van der Waals surface area contributed by atoms with Crippen LogP contribution in [0.3, 0.4) is 0 Å². The summed E-state index contributed by atoms with van der Waals surface area (Å²) in [5.41, 5.74) is 3.54. The molecule has 1 fully saturated rings. The van der Waals surface area contributed by atoms with E-state index in [1.807, 2.05) is 32.0 Å². The molecule has 2 aliphatic heterocycles. The Morgan fingerprint density at radius 3 is 2.89 bits per heavy atom. The van der Waals surface area contributed by atoms with Gasteiger partial charge in [0.05, 0.1) is 5.88 Å². The maximum atomic E-state index is 13.4. The fourth-order valence-corrected chi connectivity index (χ4v) is 4.68. The van der Waals surface area contributed by atoms with Gasteiger partial charge in [-0.1, -0.05) is 12.1 Å². The second-order valence-corrected chi connectivity index (χ2v) is 8.12. The lowest BCUT2D eigenvalue weighted by atomic mass is 10.1. The van der Waals surface area contributed by atoms with E-state index in [1.165, 1.54) is 23.9 Å². The molecule has 0 radical (unpaired) electrons. The van der Waals surface area contributed by atoms with E-state index in [4.69, 9.17) is 4.74 Å². The Morgan fingerprint density at radius 2 is 2.07 bits per heavy atom. The molecule has 0 spiro atoms.